The van der Waals surface area contributed by atoms with Crippen molar-refractivity contribution in [1.29, 1.82) is 0 Å². The molecule has 0 aliphatic carbocycles. The fourth-order valence-electron chi connectivity index (χ4n) is 0.882. The van der Waals surface area contributed by atoms with Crippen molar-refractivity contribution in [1.82, 2.24) is 4.90 Å². The van der Waals surface area contributed by atoms with Gasteiger partial charge in [-0.3, -0.25) is 4.90 Å². The van der Waals surface area contributed by atoms with Crippen LogP contribution in [0.2, 0.25) is 0 Å². The smallest absolute Gasteiger partial charge is 0.0446 e. The van der Waals surface area contributed by atoms with Crippen molar-refractivity contribution in [3.05, 3.63) is 0 Å². The van der Waals surface area contributed by atoms with Crippen LogP contribution in [0.15, 0.2) is 0 Å². The van der Waals surface area contributed by atoms with E-state index in [0.29, 0.717) is 4.75 Å². The van der Waals surface area contributed by atoms with Gasteiger partial charge in [-0.1, -0.05) is 13.8 Å². The maximum Gasteiger partial charge on any atom is 0.0446 e. The lowest BCUT2D eigenvalue weighted by molar-refractivity contribution is 0.347. The summed E-state index contributed by atoms with van der Waals surface area (Å²) in [5.74, 6) is 1.20. The molecule has 0 atom stereocenters. The summed E-state index contributed by atoms with van der Waals surface area (Å²) in [6.45, 7) is 5.91. The van der Waals surface area contributed by atoms with Crippen molar-refractivity contribution >= 4 is 11.8 Å². The van der Waals surface area contributed by atoms with Crippen molar-refractivity contribution in [2.45, 2.75) is 25.0 Å². The Morgan fingerprint density at radius 3 is 2.44 bits per heavy atom. The lowest BCUT2D eigenvalue weighted by Gasteiger charge is -2.34. The highest BCUT2D eigenvalue weighted by Gasteiger charge is 2.23. The van der Waals surface area contributed by atoms with Gasteiger partial charge in [0.2, 0.25) is 0 Å². The third-order valence-electron chi connectivity index (χ3n) is 1.77. The van der Waals surface area contributed by atoms with E-state index >= 15 is 0 Å². The summed E-state index contributed by atoms with van der Waals surface area (Å²) in [6.07, 6.45) is 1.33. The van der Waals surface area contributed by atoms with Gasteiger partial charge in [0.05, 0.1) is 0 Å². The molecule has 0 amide bonds. The average Bonchev–Trinajstić information content (AvgIpc) is 1.78. The van der Waals surface area contributed by atoms with Gasteiger partial charge in [0.15, 0.2) is 0 Å². The van der Waals surface area contributed by atoms with E-state index in [9.17, 15) is 0 Å². The maximum atomic E-state index is 2.37. The highest BCUT2D eigenvalue weighted by molar-refractivity contribution is 8.00. The largest absolute Gasteiger partial charge is 0.297 e. The van der Waals surface area contributed by atoms with Crippen molar-refractivity contribution in [3.63, 3.8) is 0 Å². The SMILES string of the molecule is CN1CCC(C)(C)SC1. The molecule has 0 radical (unpaired) electrons. The summed E-state index contributed by atoms with van der Waals surface area (Å²) in [5.41, 5.74) is 0. The van der Waals surface area contributed by atoms with Gasteiger partial charge in [0.1, 0.15) is 0 Å². The molecule has 1 nitrogen and oxygen atoms in total. The highest BCUT2D eigenvalue weighted by Crippen LogP contribution is 2.32. The molecule has 1 aliphatic heterocycles. The predicted octanol–water partition coefficient (Wildman–Crippen LogP) is 1.79. The Balaban J connectivity index is 2.35. The third-order valence-corrected chi connectivity index (χ3v) is 3.33. The van der Waals surface area contributed by atoms with Gasteiger partial charge in [0, 0.05) is 10.6 Å². The first-order chi connectivity index (χ1) is 4.10. The van der Waals surface area contributed by atoms with Crippen LogP contribution >= 0.6 is 11.8 Å². The van der Waals surface area contributed by atoms with Crippen molar-refractivity contribution < 1.29 is 0 Å². The lowest BCUT2D eigenvalue weighted by Crippen LogP contribution is -2.33. The van der Waals surface area contributed by atoms with Crippen LogP contribution in [0.1, 0.15) is 20.3 Å². The molecule has 0 aromatic carbocycles. The summed E-state index contributed by atoms with van der Waals surface area (Å²) in [7, 11) is 2.18. The van der Waals surface area contributed by atoms with Crippen LogP contribution in [-0.4, -0.2) is 29.1 Å². The van der Waals surface area contributed by atoms with Gasteiger partial charge in [-0.2, -0.15) is 0 Å². The molecule has 9 heavy (non-hydrogen) atoms. The first-order valence-corrected chi connectivity index (χ1v) is 4.41. The zero-order chi connectivity index (χ0) is 6.91. The Labute approximate surface area is 61.8 Å². The Morgan fingerprint density at radius 2 is 2.11 bits per heavy atom. The number of rotatable bonds is 0. The van der Waals surface area contributed by atoms with Gasteiger partial charge >= 0.3 is 0 Å². The quantitative estimate of drug-likeness (QED) is 0.511. The Kier molecular flexibility index (Phi) is 2.07. The van der Waals surface area contributed by atoms with E-state index in [1.54, 1.807) is 0 Å². The van der Waals surface area contributed by atoms with Crippen LogP contribution in [0.25, 0.3) is 0 Å². The monoisotopic (exact) mass is 145 g/mol. The van der Waals surface area contributed by atoms with E-state index < -0.39 is 0 Å². The molecule has 0 saturated carbocycles. The molecule has 0 aromatic heterocycles. The Morgan fingerprint density at radius 1 is 1.44 bits per heavy atom. The molecule has 2 heteroatoms. The minimum atomic E-state index is 0.534. The van der Waals surface area contributed by atoms with Crippen LogP contribution < -0.4 is 0 Å². The van der Waals surface area contributed by atoms with Gasteiger partial charge in [-0.05, 0) is 20.0 Å². The van der Waals surface area contributed by atoms with E-state index in [1.807, 2.05) is 0 Å². The van der Waals surface area contributed by atoms with E-state index in [4.69, 9.17) is 0 Å². The first-order valence-electron chi connectivity index (χ1n) is 3.43. The average molecular weight is 145 g/mol. The van der Waals surface area contributed by atoms with E-state index in [0.717, 1.165) is 0 Å². The summed E-state index contributed by atoms with van der Waals surface area (Å²) in [6, 6.07) is 0. The summed E-state index contributed by atoms with van der Waals surface area (Å²) < 4.78 is 0.534. The first kappa shape index (κ1) is 7.42. The summed E-state index contributed by atoms with van der Waals surface area (Å²) in [5, 5.41) is 0. The minimum Gasteiger partial charge on any atom is -0.297 e. The summed E-state index contributed by atoms with van der Waals surface area (Å²) in [4.78, 5) is 2.37. The number of nitrogens with zero attached hydrogens (tertiary/aromatic N) is 1. The van der Waals surface area contributed by atoms with Gasteiger partial charge < -0.3 is 0 Å². The normalized spacial score (nSPS) is 28.3. The fourth-order valence-corrected chi connectivity index (χ4v) is 1.82. The van der Waals surface area contributed by atoms with Crippen LogP contribution in [0.5, 0.6) is 0 Å². The maximum absolute atomic E-state index is 2.37. The van der Waals surface area contributed by atoms with E-state index in [2.05, 4.69) is 37.6 Å². The zero-order valence-electron chi connectivity index (χ0n) is 6.48. The van der Waals surface area contributed by atoms with Crippen LogP contribution in [0.3, 0.4) is 0 Å². The second-order valence-corrected chi connectivity index (χ2v) is 5.01. The molecule has 1 saturated heterocycles. The van der Waals surface area contributed by atoms with E-state index in [1.165, 1.54) is 18.8 Å². The topological polar surface area (TPSA) is 3.24 Å². The molecule has 1 fully saturated rings. The van der Waals surface area contributed by atoms with Crippen LogP contribution in [-0.2, 0) is 0 Å². The fraction of sp³-hybridized carbons (Fsp3) is 1.00. The molecule has 1 heterocycles. The lowest BCUT2D eigenvalue weighted by atomic mass is 10.1. The molecular formula is C7H15NS. The molecule has 54 valence electrons. The standard InChI is InChI=1S/C7H15NS/c1-7(2)4-5-8(3)6-9-7/h4-6H2,1-3H3. The van der Waals surface area contributed by atoms with Gasteiger partial charge in [-0.25, -0.2) is 0 Å². The molecule has 0 unspecified atom stereocenters. The predicted molar refractivity (Wildman–Crippen MR) is 43.8 cm³/mol. The van der Waals surface area contributed by atoms with Crippen molar-refractivity contribution in [2.75, 3.05) is 19.5 Å². The number of thioether (sulfide) groups is 1. The Bertz CT molecular complexity index is 91.1. The Hall–Kier alpha value is 0.310. The number of hydrogen-bond donors (Lipinski definition) is 0. The molecule has 0 N–H and O–H groups in total. The zero-order valence-corrected chi connectivity index (χ0v) is 7.29. The second kappa shape index (κ2) is 2.51. The van der Waals surface area contributed by atoms with Crippen LogP contribution in [0, 0.1) is 0 Å². The second-order valence-electron chi connectivity index (χ2n) is 3.36. The molecule has 0 bridgehead atoms. The van der Waals surface area contributed by atoms with Gasteiger partial charge in [-0.15, -0.1) is 11.8 Å². The van der Waals surface area contributed by atoms with Crippen LogP contribution in [0.4, 0.5) is 0 Å². The van der Waals surface area contributed by atoms with E-state index in [-0.39, 0.29) is 0 Å². The molecular weight excluding hydrogens is 130 g/mol. The minimum absolute atomic E-state index is 0.534. The molecule has 1 aliphatic rings. The third kappa shape index (κ3) is 2.18. The summed E-state index contributed by atoms with van der Waals surface area (Å²) >= 11 is 2.05. The van der Waals surface area contributed by atoms with Crippen molar-refractivity contribution in [3.8, 4) is 0 Å². The molecule has 0 spiro atoms. The molecule has 1 rings (SSSR count). The van der Waals surface area contributed by atoms with Gasteiger partial charge in [0.25, 0.3) is 0 Å². The highest BCUT2D eigenvalue weighted by atomic mass is 32.2. The molecule has 0 aromatic rings. The number of hydrogen-bond acceptors (Lipinski definition) is 2. The van der Waals surface area contributed by atoms with Crippen molar-refractivity contribution in [2.24, 2.45) is 0 Å².